The van der Waals surface area contributed by atoms with Crippen molar-refractivity contribution in [1.29, 1.82) is 0 Å². The van der Waals surface area contributed by atoms with Crippen molar-refractivity contribution in [2.24, 2.45) is 10.2 Å². The van der Waals surface area contributed by atoms with E-state index in [0.29, 0.717) is 5.75 Å². The second kappa shape index (κ2) is 6.20. The molecule has 0 atom stereocenters. The number of nitrogens with zero attached hydrogens (tertiary/aromatic N) is 3. The molecule has 0 aliphatic heterocycles. The molecule has 0 saturated carbocycles. The van der Waals surface area contributed by atoms with Gasteiger partial charge in [-0.3, -0.25) is 4.98 Å². The monoisotopic (exact) mass is 329 g/mol. The molecule has 1 aromatic heterocycles. The van der Waals surface area contributed by atoms with Gasteiger partial charge in [0.05, 0.1) is 19.0 Å². The fourth-order valence-electron chi connectivity index (χ4n) is 2.89. The van der Waals surface area contributed by atoms with Crippen LogP contribution < -0.4 is 4.74 Å². The lowest BCUT2D eigenvalue weighted by Crippen LogP contribution is -1.97. The summed E-state index contributed by atoms with van der Waals surface area (Å²) in [4.78, 5) is 4.47. The van der Waals surface area contributed by atoms with Crippen molar-refractivity contribution < 1.29 is 9.84 Å². The standard InChI is InChI=1S/C20H15N3O2/c1-25-18-11-13(8-9-17(18)24)12-22-23-20-15-6-3-2-5-14(15)19-16(20)7-4-10-21-19/h2-12,24H,1H3/b22-12+,23-20-. The Hall–Kier alpha value is -3.47. The maximum atomic E-state index is 9.65. The number of rotatable bonds is 3. The van der Waals surface area contributed by atoms with Crippen LogP contribution in [0.25, 0.3) is 11.3 Å². The Bertz CT molecular complexity index is 962. The minimum atomic E-state index is 0.0932. The highest BCUT2D eigenvalue weighted by molar-refractivity contribution is 6.23. The molecule has 2 aromatic carbocycles. The molecule has 1 aliphatic rings. The molecule has 0 radical (unpaired) electrons. The first-order valence-electron chi connectivity index (χ1n) is 7.81. The predicted molar refractivity (Wildman–Crippen MR) is 97.6 cm³/mol. The van der Waals surface area contributed by atoms with Crippen LogP contribution in [0.4, 0.5) is 0 Å². The van der Waals surface area contributed by atoms with Gasteiger partial charge in [0.2, 0.25) is 0 Å². The van der Waals surface area contributed by atoms with E-state index >= 15 is 0 Å². The van der Waals surface area contributed by atoms with E-state index in [2.05, 4.69) is 15.2 Å². The summed E-state index contributed by atoms with van der Waals surface area (Å²) < 4.78 is 5.10. The van der Waals surface area contributed by atoms with E-state index in [4.69, 9.17) is 4.74 Å². The summed E-state index contributed by atoms with van der Waals surface area (Å²) in [5.41, 5.74) is 5.59. The number of phenolic OH excluding ortho intramolecular Hbond substituents is 1. The summed E-state index contributed by atoms with van der Waals surface area (Å²) >= 11 is 0. The zero-order valence-corrected chi connectivity index (χ0v) is 13.5. The number of pyridine rings is 1. The van der Waals surface area contributed by atoms with Crippen molar-refractivity contribution in [3.63, 3.8) is 0 Å². The van der Waals surface area contributed by atoms with Gasteiger partial charge in [0, 0.05) is 22.9 Å². The summed E-state index contributed by atoms with van der Waals surface area (Å²) in [5, 5.41) is 18.3. The van der Waals surface area contributed by atoms with Gasteiger partial charge in [0.25, 0.3) is 0 Å². The molecule has 0 saturated heterocycles. The normalized spacial score (nSPS) is 13.9. The van der Waals surface area contributed by atoms with Crippen LogP contribution in [-0.2, 0) is 0 Å². The van der Waals surface area contributed by atoms with Gasteiger partial charge in [-0.15, -0.1) is 5.10 Å². The molecule has 0 bridgehead atoms. The number of aromatic hydroxyl groups is 1. The van der Waals surface area contributed by atoms with Crippen LogP contribution in [0.15, 0.2) is 71.0 Å². The maximum absolute atomic E-state index is 9.65. The van der Waals surface area contributed by atoms with Crippen LogP contribution in [-0.4, -0.2) is 29.1 Å². The summed E-state index contributed by atoms with van der Waals surface area (Å²) in [5.74, 6) is 0.494. The Labute approximate surface area is 145 Å². The Morgan fingerprint density at radius 3 is 2.64 bits per heavy atom. The van der Waals surface area contributed by atoms with Crippen molar-refractivity contribution in [3.8, 4) is 22.8 Å². The van der Waals surface area contributed by atoms with Crippen LogP contribution in [0.1, 0.15) is 16.7 Å². The third-order valence-electron chi connectivity index (χ3n) is 4.07. The molecule has 0 unspecified atom stereocenters. The van der Waals surface area contributed by atoms with E-state index in [9.17, 15) is 5.11 Å². The number of benzene rings is 2. The number of phenols is 1. The largest absolute Gasteiger partial charge is 0.504 e. The molecule has 5 nitrogen and oxygen atoms in total. The van der Waals surface area contributed by atoms with Gasteiger partial charge in [0.15, 0.2) is 11.5 Å². The minimum absolute atomic E-state index is 0.0932. The van der Waals surface area contributed by atoms with Crippen molar-refractivity contribution in [1.82, 2.24) is 4.98 Å². The lowest BCUT2D eigenvalue weighted by atomic mass is 10.1. The highest BCUT2D eigenvalue weighted by Crippen LogP contribution is 2.35. The number of methoxy groups -OCH3 is 1. The highest BCUT2D eigenvalue weighted by Gasteiger charge is 2.25. The molecule has 1 aliphatic carbocycles. The Morgan fingerprint density at radius 1 is 1.00 bits per heavy atom. The fraction of sp³-hybridized carbons (Fsp3) is 0.0500. The van der Waals surface area contributed by atoms with Crippen LogP contribution in [0.2, 0.25) is 0 Å². The zero-order valence-electron chi connectivity index (χ0n) is 13.5. The third kappa shape index (κ3) is 2.65. The second-order valence-electron chi connectivity index (χ2n) is 5.57. The van der Waals surface area contributed by atoms with E-state index in [1.165, 1.54) is 7.11 Å². The Kier molecular flexibility index (Phi) is 3.74. The lowest BCUT2D eigenvalue weighted by Gasteiger charge is -2.03. The molecule has 122 valence electrons. The molecule has 0 spiro atoms. The van der Waals surface area contributed by atoms with Crippen LogP contribution >= 0.6 is 0 Å². The Morgan fingerprint density at radius 2 is 1.80 bits per heavy atom. The number of hydrogen-bond acceptors (Lipinski definition) is 5. The lowest BCUT2D eigenvalue weighted by molar-refractivity contribution is 0.373. The van der Waals surface area contributed by atoms with E-state index in [-0.39, 0.29) is 5.75 Å². The molecule has 1 heterocycles. The van der Waals surface area contributed by atoms with E-state index < -0.39 is 0 Å². The smallest absolute Gasteiger partial charge is 0.161 e. The number of hydrogen-bond donors (Lipinski definition) is 1. The van der Waals surface area contributed by atoms with E-state index in [0.717, 1.165) is 33.7 Å². The second-order valence-corrected chi connectivity index (χ2v) is 5.57. The van der Waals surface area contributed by atoms with Crippen molar-refractivity contribution in [2.75, 3.05) is 7.11 Å². The van der Waals surface area contributed by atoms with Crippen molar-refractivity contribution in [2.45, 2.75) is 0 Å². The molecule has 4 rings (SSSR count). The SMILES string of the molecule is COc1cc(/C=N/N=C2/c3ccccc3-c3ncccc32)ccc1O. The average Bonchev–Trinajstić information content (AvgIpc) is 2.97. The molecule has 0 amide bonds. The molecule has 5 heteroatoms. The number of aromatic nitrogens is 1. The van der Waals surface area contributed by atoms with Gasteiger partial charge in [-0.2, -0.15) is 5.10 Å². The molecule has 3 aromatic rings. The van der Waals surface area contributed by atoms with Crippen molar-refractivity contribution in [3.05, 3.63) is 77.5 Å². The number of ether oxygens (including phenoxy) is 1. The first-order valence-corrected chi connectivity index (χ1v) is 7.81. The molecule has 0 fully saturated rings. The average molecular weight is 329 g/mol. The first-order chi connectivity index (χ1) is 12.3. The molecule has 1 N–H and O–H groups in total. The van der Waals surface area contributed by atoms with Crippen LogP contribution in [0, 0.1) is 0 Å². The van der Waals surface area contributed by atoms with Crippen LogP contribution in [0.5, 0.6) is 11.5 Å². The molecule has 25 heavy (non-hydrogen) atoms. The van der Waals surface area contributed by atoms with Gasteiger partial charge in [-0.25, -0.2) is 0 Å². The molecular formula is C20H15N3O2. The fourth-order valence-corrected chi connectivity index (χ4v) is 2.89. The summed E-state index contributed by atoms with van der Waals surface area (Å²) in [6.45, 7) is 0. The van der Waals surface area contributed by atoms with Gasteiger partial charge in [-0.05, 0) is 35.9 Å². The van der Waals surface area contributed by atoms with Crippen LogP contribution in [0.3, 0.4) is 0 Å². The van der Waals surface area contributed by atoms with E-state index in [1.54, 1.807) is 30.6 Å². The van der Waals surface area contributed by atoms with Gasteiger partial charge in [0.1, 0.15) is 5.71 Å². The Balaban J connectivity index is 1.72. The zero-order chi connectivity index (χ0) is 17.2. The highest BCUT2D eigenvalue weighted by atomic mass is 16.5. The van der Waals surface area contributed by atoms with Gasteiger partial charge >= 0.3 is 0 Å². The maximum Gasteiger partial charge on any atom is 0.161 e. The quantitative estimate of drug-likeness (QED) is 0.461. The first kappa shape index (κ1) is 15.1. The summed E-state index contributed by atoms with van der Waals surface area (Å²) in [6.07, 6.45) is 3.41. The summed E-state index contributed by atoms with van der Waals surface area (Å²) in [6, 6.07) is 17.0. The van der Waals surface area contributed by atoms with Crippen molar-refractivity contribution >= 4 is 11.9 Å². The topological polar surface area (TPSA) is 67.1 Å². The van der Waals surface area contributed by atoms with E-state index in [1.807, 2.05) is 36.4 Å². The minimum Gasteiger partial charge on any atom is -0.504 e. The van der Waals surface area contributed by atoms with Gasteiger partial charge in [-0.1, -0.05) is 24.3 Å². The third-order valence-corrected chi connectivity index (χ3v) is 4.07. The molecular weight excluding hydrogens is 314 g/mol. The summed E-state index contributed by atoms with van der Waals surface area (Å²) in [7, 11) is 1.51. The predicted octanol–water partition coefficient (Wildman–Crippen LogP) is 3.65. The van der Waals surface area contributed by atoms with Gasteiger partial charge < -0.3 is 9.84 Å². The number of fused-ring (bicyclic) bond motifs is 3.